The van der Waals surface area contributed by atoms with Crippen molar-refractivity contribution >= 4 is 22.9 Å². The van der Waals surface area contributed by atoms with Crippen LogP contribution in [0.25, 0.3) is 16.7 Å². The number of rotatable bonds is 4. The summed E-state index contributed by atoms with van der Waals surface area (Å²) in [6.07, 6.45) is 3.87. The maximum Gasteiger partial charge on any atom is 0.354 e. The van der Waals surface area contributed by atoms with Crippen LogP contribution in [0.15, 0.2) is 42.6 Å². The fourth-order valence-electron chi connectivity index (χ4n) is 3.62. The monoisotopic (exact) mass is 369 g/mol. The summed E-state index contributed by atoms with van der Waals surface area (Å²) in [7, 11) is 1.32. The Labute approximate surface area is 155 Å². The van der Waals surface area contributed by atoms with Crippen LogP contribution in [0.3, 0.4) is 0 Å². The summed E-state index contributed by atoms with van der Waals surface area (Å²) >= 11 is 0. The van der Waals surface area contributed by atoms with E-state index in [1.165, 1.54) is 19.2 Å². The third-order valence-corrected chi connectivity index (χ3v) is 5.01. The van der Waals surface area contributed by atoms with Gasteiger partial charge in [-0.2, -0.15) is 0 Å². The van der Waals surface area contributed by atoms with E-state index in [-0.39, 0.29) is 18.3 Å². The summed E-state index contributed by atoms with van der Waals surface area (Å²) in [4.78, 5) is 26.7. The van der Waals surface area contributed by atoms with Crippen molar-refractivity contribution in [3.05, 3.63) is 54.1 Å². The van der Waals surface area contributed by atoms with Gasteiger partial charge in [-0.25, -0.2) is 9.18 Å². The van der Waals surface area contributed by atoms with Gasteiger partial charge < -0.3 is 18.8 Å². The molecule has 1 saturated heterocycles. The molecule has 1 aromatic carbocycles. The predicted octanol–water partition coefficient (Wildman–Crippen LogP) is 2.98. The van der Waals surface area contributed by atoms with Gasteiger partial charge in [0.1, 0.15) is 18.1 Å². The zero-order chi connectivity index (χ0) is 19.0. The minimum absolute atomic E-state index is 0.00955. The van der Waals surface area contributed by atoms with Crippen LogP contribution in [0, 0.1) is 5.82 Å². The molecule has 6 nitrogen and oxygen atoms in total. The van der Waals surface area contributed by atoms with Crippen molar-refractivity contribution in [3.63, 3.8) is 0 Å². The number of likely N-dealkylation sites (tertiary alicyclic amines) is 1. The van der Waals surface area contributed by atoms with Crippen LogP contribution < -0.4 is 0 Å². The van der Waals surface area contributed by atoms with Crippen molar-refractivity contribution < 1.29 is 18.7 Å². The molecule has 3 heterocycles. The number of benzene rings is 1. The summed E-state index contributed by atoms with van der Waals surface area (Å²) in [6.45, 7) is 1.60. The van der Waals surface area contributed by atoms with Crippen molar-refractivity contribution in [2.45, 2.75) is 19.4 Å². The molecule has 27 heavy (non-hydrogen) atoms. The molecular formula is C20H20FN3O3. The maximum absolute atomic E-state index is 13.2. The van der Waals surface area contributed by atoms with Crippen LogP contribution >= 0.6 is 0 Å². The van der Waals surface area contributed by atoms with Gasteiger partial charge in [0.05, 0.1) is 18.1 Å². The Bertz CT molecular complexity index is 998. The first kappa shape index (κ1) is 17.3. The van der Waals surface area contributed by atoms with Crippen molar-refractivity contribution in [3.8, 4) is 5.69 Å². The Hall–Kier alpha value is -3.09. The minimum Gasteiger partial charge on any atom is -0.464 e. The Morgan fingerprint density at radius 1 is 1.07 bits per heavy atom. The van der Waals surface area contributed by atoms with Gasteiger partial charge in [-0.15, -0.1) is 0 Å². The van der Waals surface area contributed by atoms with Gasteiger partial charge in [0.25, 0.3) is 0 Å². The molecule has 0 bridgehead atoms. The van der Waals surface area contributed by atoms with Gasteiger partial charge in [-0.1, -0.05) is 0 Å². The third kappa shape index (κ3) is 3.09. The van der Waals surface area contributed by atoms with E-state index in [1.807, 2.05) is 21.7 Å². The number of carbonyl (C=O) groups is 2. The number of halogens is 1. The molecule has 1 fully saturated rings. The molecule has 0 N–H and O–H groups in total. The van der Waals surface area contributed by atoms with Gasteiger partial charge in [-0.05, 0) is 49.2 Å². The van der Waals surface area contributed by atoms with Crippen LogP contribution in [0.2, 0.25) is 0 Å². The molecule has 0 spiro atoms. The van der Waals surface area contributed by atoms with E-state index in [9.17, 15) is 14.0 Å². The molecule has 0 aliphatic carbocycles. The highest BCUT2D eigenvalue weighted by Gasteiger charge is 2.24. The van der Waals surface area contributed by atoms with Crippen LogP contribution in [0.1, 0.15) is 23.3 Å². The number of hydrogen-bond donors (Lipinski definition) is 0. The molecule has 4 rings (SSSR count). The van der Waals surface area contributed by atoms with E-state index in [1.54, 1.807) is 22.8 Å². The quantitative estimate of drug-likeness (QED) is 0.665. The number of esters is 1. The number of hydrogen-bond acceptors (Lipinski definition) is 3. The molecule has 140 valence electrons. The Morgan fingerprint density at radius 2 is 1.78 bits per heavy atom. The number of ether oxygens (including phenoxy) is 1. The molecule has 1 aliphatic heterocycles. The second-order valence-corrected chi connectivity index (χ2v) is 6.63. The topological polar surface area (TPSA) is 56.5 Å². The van der Waals surface area contributed by atoms with Gasteiger partial charge in [0.2, 0.25) is 5.91 Å². The zero-order valence-electron chi connectivity index (χ0n) is 15.0. The standard InChI is InChI=1S/C20H20FN3O3/c1-27-20(26)18-12-17-16(24(18)13-19(25)22-9-2-3-10-22)8-11-23(17)15-6-4-14(21)5-7-15/h4-8,11-12H,2-3,9-10,13H2,1H3. The molecule has 1 amide bonds. The number of carbonyl (C=O) groups excluding carboxylic acids is 2. The highest BCUT2D eigenvalue weighted by molar-refractivity contribution is 5.96. The minimum atomic E-state index is -0.494. The Balaban J connectivity index is 1.77. The number of nitrogens with zero attached hydrogens (tertiary/aromatic N) is 3. The lowest BCUT2D eigenvalue weighted by Crippen LogP contribution is -2.31. The summed E-state index contributed by atoms with van der Waals surface area (Å²) in [5.74, 6) is -0.818. The molecule has 2 aromatic heterocycles. The zero-order valence-corrected chi connectivity index (χ0v) is 15.0. The Kier molecular flexibility index (Phi) is 4.43. The number of amides is 1. The summed E-state index contributed by atoms with van der Waals surface area (Å²) < 4.78 is 21.7. The van der Waals surface area contributed by atoms with Gasteiger partial charge in [-0.3, -0.25) is 4.79 Å². The fraction of sp³-hybridized carbons (Fsp3) is 0.300. The van der Waals surface area contributed by atoms with E-state index in [0.29, 0.717) is 5.69 Å². The van der Waals surface area contributed by atoms with E-state index in [0.717, 1.165) is 42.7 Å². The molecule has 7 heteroatoms. The van der Waals surface area contributed by atoms with Crippen LogP contribution in [-0.4, -0.2) is 46.1 Å². The molecule has 0 saturated carbocycles. The van der Waals surface area contributed by atoms with E-state index < -0.39 is 5.97 Å². The number of methoxy groups -OCH3 is 1. The van der Waals surface area contributed by atoms with Gasteiger partial charge in [0, 0.05) is 25.0 Å². The van der Waals surface area contributed by atoms with E-state index in [2.05, 4.69) is 0 Å². The molecule has 1 aliphatic rings. The van der Waals surface area contributed by atoms with Crippen molar-refractivity contribution in [1.29, 1.82) is 0 Å². The SMILES string of the molecule is COC(=O)c1cc2c(ccn2-c2ccc(F)cc2)n1CC(=O)N1CCCC1. The smallest absolute Gasteiger partial charge is 0.354 e. The first-order valence-corrected chi connectivity index (χ1v) is 8.91. The molecule has 0 atom stereocenters. The second-order valence-electron chi connectivity index (χ2n) is 6.63. The lowest BCUT2D eigenvalue weighted by Gasteiger charge is -2.16. The largest absolute Gasteiger partial charge is 0.464 e. The first-order chi connectivity index (χ1) is 13.1. The average Bonchev–Trinajstić information content (AvgIpc) is 3.39. The number of aromatic nitrogens is 2. The second kappa shape index (κ2) is 6.90. The van der Waals surface area contributed by atoms with Crippen molar-refractivity contribution in [2.24, 2.45) is 0 Å². The first-order valence-electron chi connectivity index (χ1n) is 8.91. The van der Waals surface area contributed by atoms with Crippen molar-refractivity contribution in [1.82, 2.24) is 14.0 Å². The lowest BCUT2D eigenvalue weighted by molar-refractivity contribution is -0.130. The summed E-state index contributed by atoms with van der Waals surface area (Å²) in [6, 6.07) is 9.66. The molecule has 3 aromatic rings. The summed E-state index contributed by atoms with van der Waals surface area (Å²) in [5, 5.41) is 0. The van der Waals surface area contributed by atoms with Crippen LogP contribution in [0.5, 0.6) is 0 Å². The van der Waals surface area contributed by atoms with Gasteiger partial charge >= 0.3 is 5.97 Å². The molecule has 0 unspecified atom stereocenters. The number of fused-ring (bicyclic) bond motifs is 1. The fourth-order valence-corrected chi connectivity index (χ4v) is 3.62. The van der Waals surface area contributed by atoms with E-state index in [4.69, 9.17) is 4.74 Å². The molecular weight excluding hydrogens is 349 g/mol. The lowest BCUT2D eigenvalue weighted by atomic mass is 10.3. The third-order valence-electron chi connectivity index (χ3n) is 5.01. The predicted molar refractivity (Wildman–Crippen MR) is 98.4 cm³/mol. The van der Waals surface area contributed by atoms with Crippen LogP contribution in [-0.2, 0) is 16.1 Å². The highest BCUT2D eigenvalue weighted by atomic mass is 19.1. The average molecular weight is 369 g/mol. The van der Waals surface area contributed by atoms with Crippen LogP contribution in [0.4, 0.5) is 4.39 Å². The normalized spacial score (nSPS) is 14.1. The van der Waals surface area contributed by atoms with E-state index >= 15 is 0 Å². The van der Waals surface area contributed by atoms with Gasteiger partial charge in [0.15, 0.2) is 0 Å². The highest BCUT2D eigenvalue weighted by Crippen LogP contribution is 2.26. The van der Waals surface area contributed by atoms with Crippen molar-refractivity contribution in [2.75, 3.05) is 20.2 Å². The molecule has 0 radical (unpaired) electrons. The maximum atomic E-state index is 13.2. The summed E-state index contributed by atoms with van der Waals surface area (Å²) in [5.41, 5.74) is 2.61. The Morgan fingerprint density at radius 3 is 2.44 bits per heavy atom.